The molecule has 3 nitrogen and oxygen atoms in total. The number of ether oxygens (including phenoxy) is 1. The van der Waals surface area contributed by atoms with Gasteiger partial charge >= 0.3 is 0 Å². The van der Waals surface area contributed by atoms with Crippen molar-refractivity contribution in [2.45, 2.75) is 0 Å². The predicted octanol–water partition coefficient (Wildman–Crippen LogP) is 3.20. The maximum Gasteiger partial charge on any atom is 0.208 e. The molecule has 1 aromatic heterocycles. The molecule has 0 saturated heterocycles. The minimum atomic E-state index is -0.137. The summed E-state index contributed by atoms with van der Waals surface area (Å²) in [5.41, 5.74) is 1.55. The molecule has 3 aromatic rings. The van der Waals surface area contributed by atoms with Crippen molar-refractivity contribution in [3.63, 3.8) is 0 Å². The quantitative estimate of drug-likeness (QED) is 0.641. The largest absolute Gasteiger partial charge is 0.497 e. The Labute approximate surface area is 121 Å². The van der Waals surface area contributed by atoms with Crippen LogP contribution >= 0.6 is 0 Å². The SMILES string of the molecule is COc1ccc2c(=O)c(C#Cc3ccccc3)coc2c1. The highest BCUT2D eigenvalue weighted by molar-refractivity contribution is 5.79. The zero-order valence-electron chi connectivity index (χ0n) is 11.4. The maximum atomic E-state index is 12.3. The molecular formula is C18H12O3. The lowest BCUT2D eigenvalue weighted by Crippen LogP contribution is -2.05. The van der Waals surface area contributed by atoms with E-state index in [1.807, 2.05) is 30.3 Å². The highest BCUT2D eigenvalue weighted by atomic mass is 16.5. The fourth-order valence-corrected chi connectivity index (χ4v) is 1.98. The van der Waals surface area contributed by atoms with E-state index in [9.17, 15) is 4.79 Å². The lowest BCUT2D eigenvalue weighted by Gasteiger charge is -2.01. The van der Waals surface area contributed by atoms with Crippen LogP contribution in [0.4, 0.5) is 0 Å². The van der Waals surface area contributed by atoms with Crippen LogP contribution in [0.15, 0.2) is 64.0 Å². The second kappa shape index (κ2) is 5.56. The number of rotatable bonds is 1. The molecule has 0 fully saturated rings. The molecule has 0 spiro atoms. The van der Waals surface area contributed by atoms with E-state index in [1.54, 1.807) is 25.3 Å². The molecule has 0 aliphatic heterocycles. The molecule has 0 aliphatic carbocycles. The predicted molar refractivity (Wildman–Crippen MR) is 81.5 cm³/mol. The monoisotopic (exact) mass is 276 g/mol. The second-order valence-electron chi connectivity index (χ2n) is 4.46. The van der Waals surface area contributed by atoms with Crippen LogP contribution in [0.1, 0.15) is 11.1 Å². The van der Waals surface area contributed by atoms with E-state index < -0.39 is 0 Å². The van der Waals surface area contributed by atoms with Gasteiger partial charge in [-0.15, -0.1) is 0 Å². The lowest BCUT2D eigenvalue weighted by atomic mass is 10.1. The maximum absolute atomic E-state index is 12.3. The van der Waals surface area contributed by atoms with Gasteiger partial charge in [-0.3, -0.25) is 4.79 Å². The zero-order valence-corrected chi connectivity index (χ0v) is 11.4. The van der Waals surface area contributed by atoms with E-state index in [4.69, 9.17) is 9.15 Å². The van der Waals surface area contributed by atoms with Crippen molar-refractivity contribution >= 4 is 11.0 Å². The molecule has 3 heteroatoms. The summed E-state index contributed by atoms with van der Waals surface area (Å²) in [6, 6.07) is 14.6. The Bertz CT molecular complexity index is 896. The fraction of sp³-hybridized carbons (Fsp3) is 0.0556. The summed E-state index contributed by atoms with van der Waals surface area (Å²) in [5.74, 6) is 6.46. The summed E-state index contributed by atoms with van der Waals surface area (Å²) in [5, 5.41) is 0.496. The Morgan fingerprint density at radius 2 is 1.86 bits per heavy atom. The van der Waals surface area contributed by atoms with Crippen molar-refractivity contribution in [3.8, 4) is 17.6 Å². The van der Waals surface area contributed by atoms with Gasteiger partial charge in [0.15, 0.2) is 0 Å². The first-order chi connectivity index (χ1) is 10.3. The Morgan fingerprint density at radius 3 is 2.62 bits per heavy atom. The first-order valence-corrected chi connectivity index (χ1v) is 6.44. The van der Waals surface area contributed by atoms with E-state index in [-0.39, 0.29) is 5.43 Å². The van der Waals surface area contributed by atoms with Gasteiger partial charge in [-0.2, -0.15) is 0 Å². The molecule has 0 atom stereocenters. The molecule has 0 N–H and O–H groups in total. The normalized spacial score (nSPS) is 9.95. The van der Waals surface area contributed by atoms with Gasteiger partial charge in [-0.1, -0.05) is 30.0 Å². The van der Waals surface area contributed by atoms with Gasteiger partial charge in [0, 0.05) is 11.6 Å². The third-order valence-corrected chi connectivity index (χ3v) is 3.10. The molecule has 0 unspecified atom stereocenters. The van der Waals surface area contributed by atoms with Crippen LogP contribution in [0.3, 0.4) is 0 Å². The first-order valence-electron chi connectivity index (χ1n) is 6.44. The average Bonchev–Trinajstić information content (AvgIpc) is 2.55. The summed E-state index contributed by atoms with van der Waals surface area (Å²) in [6.07, 6.45) is 1.39. The number of fused-ring (bicyclic) bond motifs is 1. The van der Waals surface area contributed by atoms with Crippen LogP contribution in [0.25, 0.3) is 11.0 Å². The van der Waals surface area contributed by atoms with Crippen LogP contribution in [0, 0.1) is 11.8 Å². The third-order valence-electron chi connectivity index (χ3n) is 3.10. The lowest BCUT2D eigenvalue weighted by molar-refractivity contribution is 0.414. The Balaban J connectivity index is 2.07. The standard InChI is InChI=1S/C18H12O3/c1-20-15-9-10-16-17(11-15)21-12-14(18(16)19)8-7-13-5-3-2-4-6-13/h2-6,9-12H,1H3. The number of hydrogen-bond donors (Lipinski definition) is 0. The number of benzene rings is 2. The summed E-state index contributed by atoms with van der Waals surface area (Å²) in [7, 11) is 1.57. The molecule has 102 valence electrons. The molecule has 2 aromatic carbocycles. The van der Waals surface area contributed by atoms with Gasteiger partial charge < -0.3 is 9.15 Å². The smallest absolute Gasteiger partial charge is 0.208 e. The van der Waals surface area contributed by atoms with Crippen molar-refractivity contribution in [3.05, 3.63) is 76.1 Å². The van der Waals surface area contributed by atoms with E-state index in [0.717, 1.165) is 5.56 Å². The van der Waals surface area contributed by atoms with Crippen LogP contribution in [0.5, 0.6) is 5.75 Å². The summed E-state index contributed by atoms with van der Waals surface area (Å²) in [4.78, 5) is 12.3. The summed E-state index contributed by atoms with van der Waals surface area (Å²) in [6.45, 7) is 0. The van der Waals surface area contributed by atoms with Crippen molar-refractivity contribution < 1.29 is 9.15 Å². The average molecular weight is 276 g/mol. The van der Waals surface area contributed by atoms with Crippen molar-refractivity contribution in [2.24, 2.45) is 0 Å². The molecule has 0 radical (unpaired) electrons. The van der Waals surface area contributed by atoms with Crippen molar-refractivity contribution in [1.82, 2.24) is 0 Å². The minimum Gasteiger partial charge on any atom is -0.497 e. The topological polar surface area (TPSA) is 39.4 Å². The summed E-state index contributed by atoms with van der Waals surface area (Å²) >= 11 is 0. The second-order valence-corrected chi connectivity index (χ2v) is 4.46. The van der Waals surface area contributed by atoms with Gasteiger partial charge in [0.05, 0.1) is 12.5 Å². The zero-order chi connectivity index (χ0) is 14.7. The van der Waals surface area contributed by atoms with E-state index in [0.29, 0.717) is 22.3 Å². The van der Waals surface area contributed by atoms with Gasteiger partial charge in [0.25, 0.3) is 0 Å². The number of methoxy groups -OCH3 is 1. The fourth-order valence-electron chi connectivity index (χ4n) is 1.98. The van der Waals surface area contributed by atoms with Gasteiger partial charge in [0.1, 0.15) is 23.2 Å². The minimum absolute atomic E-state index is 0.137. The van der Waals surface area contributed by atoms with E-state index in [1.165, 1.54) is 6.26 Å². The molecule has 1 heterocycles. The molecule has 21 heavy (non-hydrogen) atoms. The molecule has 0 amide bonds. The third kappa shape index (κ3) is 2.65. The van der Waals surface area contributed by atoms with E-state index in [2.05, 4.69) is 11.8 Å². The molecule has 0 aliphatic rings. The highest BCUT2D eigenvalue weighted by Crippen LogP contribution is 2.18. The molecule has 0 saturated carbocycles. The molecular weight excluding hydrogens is 264 g/mol. The molecule has 3 rings (SSSR count). The van der Waals surface area contributed by atoms with Crippen molar-refractivity contribution in [2.75, 3.05) is 7.11 Å². The van der Waals surface area contributed by atoms with Crippen LogP contribution in [-0.4, -0.2) is 7.11 Å². The highest BCUT2D eigenvalue weighted by Gasteiger charge is 2.06. The Morgan fingerprint density at radius 1 is 1.05 bits per heavy atom. The Hall–Kier alpha value is -2.99. The van der Waals surface area contributed by atoms with Gasteiger partial charge in [0.2, 0.25) is 5.43 Å². The van der Waals surface area contributed by atoms with Crippen LogP contribution in [0.2, 0.25) is 0 Å². The summed E-state index contributed by atoms with van der Waals surface area (Å²) < 4.78 is 10.6. The number of hydrogen-bond acceptors (Lipinski definition) is 3. The van der Waals surface area contributed by atoms with Crippen LogP contribution < -0.4 is 10.2 Å². The van der Waals surface area contributed by atoms with Crippen LogP contribution in [-0.2, 0) is 0 Å². The van der Waals surface area contributed by atoms with Crippen molar-refractivity contribution in [1.29, 1.82) is 0 Å². The first kappa shape index (κ1) is 13.0. The van der Waals surface area contributed by atoms with Gasteiger partial charge in [-0.05, 0) is 24.3 Å². The Kier molecular flexibility index (Phi) is 3.44. The van der Waals surface area contributed by atoms with E-state index >= 15 is 0 Å². The molecule has 0 bridgehead atoms. The van der Waals surface area contributed by atoms with Gasteiger partial charge in [-0.25, -0.2) is 0 Å².